The van der Waals surface area contributed by atoms with Crippen LogP contribution in [0.3, 0.4) is 0 Å². The van der Waals surface area contributed by atoms with E-state index in [1.807, 2.05) is 30.3 Å². The van der Waals surface area contributed by atoms with Gasteiger partial charge in [-0.05, 0) is 53.6 Å². The summed E-state index contributed by atoms with van der Waals surface area (Å²) in [5.41, 5.74) is 2.76. The molecule has 2 aromatic rings. The van der Waals surface area contributed by atoms with Crippen LogP contribution in [0.4, 0.5) is 0 Å². The molecule has 1 aliphatic rings. The molecule has 0 radical (unpaired) electrons. The summed E-state index contributed by atoms with van der Waals surface area (Å²) in [4.78, 5) is 0. The molecule has 1 aliphatic heterocycles. The van der Waals surface area contributed by atoms with Crippen molar-refractivity contribution in [2.75, 3.05) is 6.54 Å². The van der Waals surface area contributed by atoms with Crippen LogP contribution >= 0.6 is 23.2 Å². The second-order valence-corrected chi connectivity index (χ2v) is 7.95. The normalized spacial score (nSPS) is 27.0. The third-order valence-corrected chi connectivity index (χ3v) is 5.49. The Bertz CT molecular complexity index is 710. The van der Waals surface area contributed by atoms with Gasteiger partial charge < -0.3 is 5.32 Å². The second kappa shape index (κ2) is 7.31. The smallest absolute Gasteiger partial charge is 0.0408 e. The van der Waals surface area contributed by atoms with Gasteiger partial charge in [0.1, 0.15) is 0 Å². The van der Waals surface area contributed by atoms with Gasteiger partial charge in [-0.3, -0.25) is 0 Å². The average molecular weight is 360 g/mol. The summed E-state index contributed by atoms with van der Waals surface area (Å²) in [6.45, 7) is 7.24. The van der Waals surface area contributed by atoms with Crippen LogP contribution in [0.15, 0.2) is 61.2 Å². The van der Waals surface area contributed by atoms with Crippen molar-refractivity contribution in [2.45, 2.75) is 31.7 Å². The number of hydrogen-bond donors (Lipinski definition) is 1. The van der Waals surface area contributed by atoms with Crippen molar-refractivity contribution in [3.63, 3.8) is 0 Å². The number of hydrogen-bond acceptors (Lipinski definition) is 1. The van der Waals surface area contributed by atoms with E-state index in [2.05, 4.69) is 43.1 Å². The lowest BCUT2D eigenvalue weighted by molar-refractivity contribution is 0.176. The Hall–Kier alpha value is -1.28. The summed E-state index contributed by atoms with van der Waals surface area (Å²) in [6.07, 6.45) is 4.13. The molecule has 0 aliphatic carbocycles. The summed E-state index contributed by atoms with van der Waals surface area (Å²) in [5, 5.41) is 5.32. The third kappa shape index (κ3) is 3.85. The first kappa shape index (κ1) is 17.5. The fourth-order valence-electron chi connectivity index (χ4n) is 3.79. The van der Waals surface area contributed by atoms with Crippen LogP contribution in [0.25, 0.3) is 0 Å². The Labute approximate surface area is 154 Å². The molecule has 1 N–H and O–H groups in total. The van der Waals surface area contributed by atoms with E-state index < -0.39 is 0 Å². The molecule has 3 heteroatoms. The maximum Gasteiger partial charge on any atom is 0.0408 e. The summed E-state index contributed by atoms with van der Waals surface area (Å²) in [6, 6.07) is 16.7. The van der Waals surface area contributed by atoms with Crippen LogP contribution in [0, 0.1) is 5.41 Å². The van der Waals surface area contributed by atoms with Crippen LogP contribution in [0.2, 0.25) is 10.0 Å². The molecule has 2 aromatic carbocycles. The van der Waals surface area contributed by atoms with Crippen molar-refractivity contribution in [1.29, 1.82) is 0 Å². The van der Waals surface area contributed by atoms with Gasteiger partial charge >= 0.3 is 0 Å². The number of rotatable bonds is 4. The van der Waals surface area contributed by atoms with Gasteiger partial charge in [0.25, 0.3) is 0 Å². The average Bonchev–Trinajstić information content (AvgIpc) is 2.56. The molecule has 0 aromatic heterocycles. The molecule has 24 heavy (non-hydrogen) atoms. The maximum absolute atomic E-state index is 6.26. The van der Waals surface area contributed by atoms with Gasteiger partial charge in [0.2, 0.25) is 0 Å². The standard InChI is InChI=1S/C21H23Cl2N/c1-3-11-21(2)13-19(16-5-4-6-18(23)12-16)20(24-14-21)15-7-9-17(22)10-8-15/h3-10,12,19-20,24H,1,11,13-14H2,2H3/t19-,20-,21+/m1/s1. The summed E-state index contributed by atoms with van der Waals surface area (Å²) in [7, 11) is 0. The summed E-state index contributed by atoms with van der Waals surface area (Å²) >= 11 is 12.3. The Morgan fingerprint density at radius 1 is 1.12 bits per heavy atom. The molecule has 3 rings (SSSR count). The number of nitrogens with one attached hydrogen (secondary N) is 1. The van der Waals surface area contributed by atoms with Crippen molar-refractivity contribution >= 4 is 23.2 Å². The zero-order chi connectivity index (χ0) is 17.2. The predicted octanol–water partition coefficient (Wildman–Crippen LogP) is 6.39. The van der Waals surface area contributed by atoms with Gasteiger partial charge in [-0.2, -0.15) is 0 Å². The molecule has 1 fully saturated rings. The molecule has 0 amide bonds. The highest BCUT2D eigenvalue weighted by Gasteiger charge is 2.38. The first-order valence-corrected chi connectivity index (χ1v) is 9.11. The SMILES string of the molecule is C=CC[C@]1(C)CN[C@H](c2ccc(Cl)cc2)[C@@H](c2cccc(Cl)c2)C1. The molecule has 1 nitrogen and oxygen atoms in total. The minimum absolute atomic E-state index is 0.206. The predicted molar refractivity (Wildman–Crippen MR) is 104 cm³/mol. The quantitative estimate of drug-likeness (QED) is 0.623. The van der Waals surface area contributed by atoms with Gasteiger partial charge in [0.05, 0.1) is 0 Å². The highest BCUT2D eigenvalue weighted by molar-refractivity contribution is 6.30. The largest absolute Gasteiger partial charge is 0.309 e. The summed E-state index contributed by atoms with van der Waals surface area (Å²) < 4.78 is 0. The highest BCUT2D eigenvalue weighted by atomic mass is 35.5. The van der Waals surface area contributed by atoms with E-state index in [1.54, 1.807) is 0 Å². The molecule has 0 unspecified atom stereocenters. The molecular weight excluding hydrogens is 337 g/mol. The Morgan fingerprint density at radius 3 is 2.54 bits per heavy atom. The van der Waals surface area contributed by atoms with Crippen molar-refractivity contribution < 1.29 is 0 Å². The molecular formula is C21H23Cl2N. The molecule has 0 saturated carbocycles. The van der Waals surface area contributed by atoms with Crippen LogP contribution in [0.5, 0.6) is 0 Å². The van der Waals surface area contributed by atoms with E-state index in [0.29, 0.717) is 5.92 Å². The number of benzene rings is 2. The maximum atomic E-state index is 6.26. The van der Waals surface area contributed by atoms with Gasteiger partial charge in [-0.25, -0.2) is 0 Å². The van der Waals surface area contributed by atoms with Gasteiger partial charge in [0.15, 0.2) is 0 Å². The van der Waals surface area contributed by atoms with Crippen LogP contribution < -0.4 is 5.32 Å². The molecule has 3 atom stereocenters. The zero-order valence-electron chi connectivity index (χ0n) is 13.9. The fourth-order valence-corrected chi connectivity index (χ4v) is 4.12. The van der Waals surface area contributed by atoms with E-state index in [0.717, 1.165) is 29.4 Å². The van der Waals surface area contributed by atoms with Gasteiger partial charge in [-0.15, -0.1) is 6.58 Å². The van der Waals surface area contributed by atoms with Crippen LogP contribution in [-0.4, -0.2) is 6.54 Å². The van der Waals surface area contributed by atoms with E-state index in [1.165, 1.54) is 11.1 Å². The highest BCUT2D eigenvalue weighted by Crippen LogP contribution is 2.46. The molecule has 1 heterocycles. The van der Waals surface area contributed by atoms with Crippen molar-refractivity contribution in [3.05, 3.63) is 82.4 Å². The lowest BCUT2D eigenvalue weighted by Gasteiger charge is -2.44. The molecule has 126 valence electrons. The zero-order valence-corrected chi connectivity index (χ0v) is 15.4. The Kier molecular flexibility index (Phi) is 5.34. The Balaban J connectivity index is 1.97. The Morgan fingerprint density at radius 2 is 1.88 bits per heavy atom. The molecule has 0 bridgehead atoms. The summed E-state index contributed by atoms with van der Waals surface area (Å²) in [5.74, 6) is 0.364. The van der Waals surface area contributed by atoms with E-state index in [9.17, 15) is 0 Å². The topological polar surface area (TPSA) is 12.0 Å². The van der Waals surface area contributed by atoms with Crippen LogP contribution in [0.1, 0.15) is 42.9 Å². The van der Waals surface area contributed by atoms with Crippen molar-refractivity contribution in [3.8, 4) is 0 Å². The van der Waals surface area contributed by atoms with Gasteiger partial charge in [0, 0.05) is 28.5 Å². The monoisotopic (exact) mass is 359 g/mol. The minimum Gasteiger partial charge on any atom is -0.309 e. The van der Waals surface area contributed by atoms with Crippen molar-refractivity contribution in [1.82, 2.24) is 5.32 Å². The van der Waals surface area contributed by atoms with E-state index in [4.69, 9.17) is 23.2 Å². The number of piperidine rings is 1. The first-order chi connectivity index (χ1) is 11.5. The van der Waals surface area contributed by atoms with Crippen molar-refractivity contribution in [2.24, 2.45) is 5.41 Å². The van der Waals surface area contributed by atoms with E-state index in [-0.39, 0.29) is 11.5 Å². The van der Waals surface area contributed by atoms with E-state index >= 15 is 0 Å². The van der Waals surface area contributed by atoms with Gasteiger partial charge in [-0.1, -0.05) is 60.5 Å². The first-order valence-electron chi connectivity index (χ1n) is 8.36. The molecule has 1 saturated heterocycles. The van der Waals surface area contributed by atoms with Crippen LogP contribution in [-0.2, 0) is 0 Å². The second-order valence-electron chi connectivity index (χ2n) is 7.08. The lowest BCUT2D eigenvalue weighted by Crippen LogP contribution is -2.44. The third-order valence-electron chi connectivity index (χ3n) is 5.01. The minimum atomic E-state index is 0.206. The molecule has 0 spiro atoms. The number of halogens is 2. The fraction of sp³-hybridized carbons (Fsp3) is 0.333. The lowest BCUT2D eigenvalue weighted by atomic mass is 9.69. The number of allylic oxidation sites excluding steroid dienone is 1.